The zero-order valence-electron chi connectivity index (χ0n) is 15.3. The molecule has 28 heavy (non-hydrogen) atoms. The minimum atomic E-state index is -0.457. The fourth-order valence-corrected chi connectivity index (χ4v) is 3.22. The lowest BCUT2D eigenvalue weighted by Gasteiger charge is -2.17. The average Bonchev–Trinajstić information content (AvgIpc) is 3.11. The van der Waals surface area contributed by atoms with Gasteiger partial charge in [-0.2, -0.15) is 5.16 Å². The lowest BCUT2D eigenvalue weighted by molar-refractivity contribution is 0.0897. The Morgan fingerprint density at radius 2 is 1.96 bits per heavy atom. The summed E-state index contributed by atoms with van der Waals surface area (Å²) in [6, 6.07) is 12.9. The number of aromatic amines is 1. The summed E-state index contributed by atoms with van der Waals surface area (Å²) in [5, 5.41) is 5.47. The molecule has 7 heteroatoms. The Morgan fingerprint density at radius 1 is 1.21 bits per heavy atom. The Balaban J connectivity index is 1.72. The van der Waals surface area contributed by atoms with Crippen molar-refractivity contribution in [2.24, 2.45) is 0 Å². The predicted octanol–water partition coefficient (Wildman–Crippen LogP) is 4.57. The van der Waals surface area contributed by atoms with Crippen LogP contribution in [-0.4, -0.2) is 17.1 Å². The van der Waals surface area contributed by atoms with Gasteiger partial charge in [0.25, 0.3) is 11.5 Å². The van der Waals surface area contributed by atoms with E-state index in [0.29, 0.717) is 17.0 Å². The number of carbonyl (C=O) groups is 1. The maximum atomic E-state index is 14.0. The zero-order chi connectivity index (χ0) is 20.1. The molecule has 0 bridgehead atoms. The van der Waals surface area contributed by atoms with E-state index in [1.165, 1.54) is 12.1 Å². The van der Waals surface area contributed by atoms with Gasteiger partial charge in [0.2, 0.25) is 5.76 Å². The molecule has 1 unspecified atom stereocenters. The zero-order valence-corrected chi connectivity index (χ0v) is 16.1. The van der Waals surface area contributed by atoms with Crippen LogP contribution in [0.5, 0.6) is 0 Å². The van der Waals surface area contributed by atoms with Crippen LogP contribution >= 0.6 is 11.6 Å². The van der Waals surface area contributed by atoms with Crippen molar-refractivity contribution in [3.8, 4) is 11.1 Å². The minimum Gasteiger partial charge on any atom is -0.373 e. The van der Waals surface area contributed by atoms with Crippen molar-refractivity contribution in [3.05, 3.63) is 81.0 Å². The molecule has 2 aromatic carbocycles. The SMILES string of the molecule is CCCC(Cc1ccc(-c2cc(Cl)ccc2F)cc1)NC(=O)c1cc(=O)[nH]o1. The van der Waals surface area contributed by atoms with E-state index in [2.05, 4.69) is 10.5 Å². The van der Waals surface area contributed by atoms with Gasteiger partial charge in [0.15, 0.2) is 0 Å². The van der Waals surface area contributed by atoms with E-state index in [1.807, 2.05) is 31.2 Å². The van der Waals surface area contributed by atoms with E-state index in [4.69, 9.17) is 16.1 Å². The highest BCUT2D eigenvalue weighted by molar-refractivity contribution is 6.30. The Morgan fingerprint density at radius 3 is 2.61 bits per heavy atom. The van der Waals surface area contributed by atoms with Gasteiger partial charge in [-0.05, 0) is 42.2 Å². The van der Waals surface area contributed by atoms with Crippen molar-refractivity contribution in [1.29, 1.82) is 0 Å². The number of nitrogens with one attached hydrogen (secondary N) is 2. The normalized spacial score (nSPS) is 12.0. The van der Waals surface area contributed by atoms with E-state index in [0.717, 1.165) is 30.0 Å². The van der Waals surface area contributed by atoms with Crippen molar-refractivity contribution >= 4 is 17.5 Å². The minimum absolute atomic E-state index is 0.0436. The van der Waals surface area contributed by atoms with Crippen molar-refractivity contribution in [2.75, 3.05) is 0 Å². The van der Waals surface area contributed by atoms with Crippen LogP contribution in [0, 0.1) is 5.82 Å². The number of halogens is 2. The fourth-order valence-electron chi connectivity index (χ4n) is 3.05. The van der Waals surface area contributed by atoms with Crippen LogP contribution in [0.2, 0.25) is 5.02 Å². The molecule has 0 radical (unpaired) electrons. The molecule has 3 aromatic rings. The standard InChI is InChI=1S/C21H20ClFN2O3/c1-2-3-16(24-21(27)19-12-20(26)25-28-19)10-13-4-6-14(7-5-13)17-11-15(22)8-9-18(17)23/h4-9,11-12,16H,2-3,10H2,1H3,(H,24,27)(H,25,26). The molecule has 5 nitrogen and oxygen atoms in total. The third-order valence-corrected chi connectivity index (χ3v) is 4.63. The van der Waals surface area contributed by atoms with Crippen molar-refractivity contribution < 1.29 is 13.7 Å². The molecule has 0 aliphatic heterocycles. The van der Waals surface area contributed by atoms with Crippen LogP contribution in [-0.2, 0) is 6.42 Å². The summed E-state index contributed by atoms with van der Waals surface area (Å²) in [5.41, 5.74) is 1.72. The highest BCUT2D eigenvalue weighted by Crippen LogP contribution is 2.26. The van der Waals surface area contributed by atoms with Gasteiger partial charge in [-0.15, -0.1) is 0 Å². The van der Waals surface area contributed by atoms with Crippen LogP contribution in [0.1, 0.15) is 35.9 Å². The quantitative estimate of drug-likeness (QED) is 0.608. The van der Waals surface area contributed by atoms with Crippen molar-refractivity contribution in [1.82, 2.24) is 10.5 Å². The van der Waals surface area contributed by atoms with Gasteiger partial charge in [0.1, 0.15) is 5.82 Å². The molecule has 0 saturated carbocycles. The second kappa shape index (κ2) is 8.89. The van der Waals surface area contributed by atoms with Crippen molar-refractivity contribution in [2.45, 2.75) is 32.2 Å². The Labute approximate surface area is 166 Å². The molecule has 1 heterocycles. The van der Waals surface area contributed by atoms with Crippen LogP contribution in [0.15, 0.2) is 57.8 Å². The van der Waals surface area contributed by atoms with Crippen LogP contribution < -0.4 is 10.9 Å². The highest BCUT2D eigenvalue weighted by Gasteiger charge is 2.17. The molecule has 2 N–H and O–H groups in total. The molecule has 1 amide bonds. The van der Waals surface area contributed by atoms with E-state index in [9.17, 15) is 14.0 Å². The predicted molar refractivity (Wildman–Crippen MR) is 106 cm³/mol. The molecule has 3 rings (SSSR count). The van der Waals surface area contributed by atoms with E-state index < -0.39 is 11.5 Å². The molecule has 0 fully saturated rings. The molecule has 0 saturated heterocycles. The van der Waals surface area contributed by atoms with Gasteiger partial charge in [0, 0.05) is 16.6 Å². The molecule has 1 atom stereocenters. The van der Waals surface area contributed by atoms with Gasteiger partial charge in [-0.3, -0.25) is 9.59 Å². The molecule has 0 spiro atoms. The molecular formula is C21H20ClFN2O3. The summed E-state index contributed by atoms with van der Waals surface area (Å²) in [4.78, 5) is 23.4. The topological polar surface area (TPSA) is 75.1 Å². The first-order chi connectivity index (χ1) is 13.5. The molecule has 0 aliphatic carbocycles. The number of rotatable bonds is 7. The summed E-state index contributed by atoms with van der Waals surface area (Å²) in [5.74, 6) is -0.812. The third kappa shape index (κ3) is 4.89. The number of benzene rings is 2. The number of aromatic nitrogens is 1. The highest BCUT2D eigenvalue weighted by atomic mass is 35.5. The lowest BCUT2D eigenvalue weighted by atomic mass is 9.98. The number of amides is 1. The molecule has 0 aliphatic rings. The maximum Gasteiger partial charge on any atom is 0.290 e. The van der Waals surface area contributed by atoms with Gasteiger partial charge < -0.3 is 9.84 Å². The van der Waals surface area contributed by atoms with Gasteiger partial charge in [-0.1, -0.05) is 49.2 Å². The average molecular weight is 403 g/mol. The second-order valence-corrected chi connectivity index (χ2v) is 7.00. The lowest BCUT2D eigenvalue weighted by Crippen LogP contribution is -2.36. The Hall–Kier alpha value is -2.86. The van der Waals surface area contributed by atoms with E-state index >= 15 is 0 Å². The number of hydrogen-bond donors (Lipinski definition) is 2. The number of carbonyl (C=O) groups excluding carboxylic acids is 1. The Bertz CT molecular complexity index is 1010. The van der Waals surface area contributed by atoms with Crippen LogP contribution in [0.3, 0.4) is 0 Å². The maximum absolute atomic E-state index is 14.0. The first kappa shape index (κ1) is 19.9. The first-order valence-corrected chi connectivity index (χ1v) is 9.38. The smallest absolute Gasteiger partial charge is 0.290 e. The first-order valence-electron chi connectivity index (χ1n) is 9.00. The summed E-state index contributed by atoms with van der Waals surface area (Å²) >= 11 is 5.97. The summed E-state index contributed by atoms with van der Waals surface area (Å²) in [7, 11) is 0. The molecule has 1 aromatic heterocycles. The van der Waals surface area contributed by atoms with E-state index in [-0.39, 0.29) is 17.6 Å². The van der Waals surface area contributed by atoms with E-state index in [1.54, 1.807) is 6.07 Å². The Kier molecular flexibility index (Phi) is 6.31. The summed E-state index contributed by atoms with van der Waals surface area (Å²) in [6.07, 6.45) is 2.26. The summed E-state index contributed by atoms with van der Waals surface area (Å²) < 4.78 is 18.9. The second-order valence-electron chi connectivity index (χ2n) is 6.56. The van der Waals surface area contributed by atoms with Gasteiger partial charge in [-0.25, -0.2) is 4.39 Å². The van der Waals surface area contributed by atoms with Gasteiger partial charge >= 0.3 is 0 Å². The monoisotopic (exact) mass is 402 g/mol. The van der Waals surface area contributed by atoms with Crippen molar-refractivity contribution in [3.63, 3.8) is 0 Å². The molecule has 146 valence electrons. The number of H-pyrrole nitrogens is 1. The molecular weight excluding hydrogens is 383 g/mol. The van der Waals surface area contributed by atoms with Crippen LogP contribution in [0.4, 0.5) is 4.39 Å². The van der Waals surface area contributed by atoms with Crippen LogP contribution in [0.25, 0.3) is 11.1 Å². The fraction of sp³-hybridized carbons (Fsp3) is 0.238. The third-order valence-electron chi connectivity index (χ3n) is 4.40. The summed E-state index contributed by atoms with van der Waals surface area (Å²) in [6.45, 7) is 2.03. The number of hydrogen-bond acceptors (Lipinski definition) is 3. The largest absolute Gasteiger partial charge is 0.373 e. The van der Waals surface area contributed by atoms with Gasteiger partial charge in [0.05, 0.1) is 6.07 Å².